The fourth-order valence-corrected chi connectivity index (χ4v) is 2.11. The first-order valence-electron chi connectivity index (χ1n) is 5.65. The van der Waals surface area contributed by atoms with Crippen LogP contribution in [0.4, 0.5) is 5.69 Å². The highest BCUT2D eigenvalue weighted by Gasteiger charge is 2.30. The van der Waals surface area contributed by atoms with Gasteiger partial charge in [-0.1, -0.05) is 12.1 Å². The maximum absolute atomic E-state index is 10.6. The summed E-state index contributed by atoms with van der Waals surface area (Å²) < 4.78 is 0. The zero-order valence-electron chi connectivity index (χ0n) is 10.5. The third-order valence-electron chi connectivity index (χ3n) is 3.10. The molecule has 1 saturated heterocycles. The molecule has 0 aromatic heterocycles. The average molecular weight is 324 g/mol. The normalized spacial score (nSPS) is 17.9. The number of halogens is 2. The van der Waals surface area contributed by atoms with Gasteiger partial charge < -0.3 is 0 Å². The van der Waals surface area contributed by atoms with Gasteiger partial charge in [0.25, 0.3) is 5.69 Å². The Morgan fingerprint density at radius 3 is 2.20 bits per heavy atom. The Kier molecular flexibility index (Phi) is 7.41. The van der Waals surface area contributed by atoms with E-state index in [-0.39, 0.29) is 35.4 Å². The van der Waals surface area contributed by atoms with Crippen molar-refractivity contribution in [2.75, 3.05) is 13.1 Å². The first-order chi connectivity index (χ1) is 8.56. The Hall–Kier alpha value is -1.44. The van der Waals surface area contributed by atoms with Gasteiger partial charge >= 0.3 is 0 Å². The average Bonchev–Trinajstić information content (AvgIpc) is 2.78. The lowest BCUT2D eigenvalue weighted by atomic mass is 10.2. The number of non-ortho nitro benzene ring substituents is 1. The monoisotopic (exact) mass is 323 g/mol. The largest absolute Gasteiger partial charge is 0.292 e. The van der Waals surface area contributed by atoms with Crippen LogP contribution in [0.25, 0.3) is 0 Å². The van der Waals surface area contributed by atoms with Crippen molar-refractivity contribution in [2.24, 2.45) is 0 Å². The highest BCUT2D eigenvalue weighted by atomic mass is 35.5. The second-order valence-electron chi connectivity index (χ2n) is 4.39. The molecule has 1 unspecified atom stereocenters. The molecule has 7 nitrogen and oxygen atoms in total. The van der Waals surface area contributed by atoms with Gasteiger partial charge in [-0.05, 0) is 5.56 Å². The molecule has 0 N–H and O–H groups in total. The van der Waals surface area contributed by atoms with Crippen LogP contribution in [0.3, 0.4) is 0 Å². The van der Waals surface area contributed by atoms with Crippen molar-refractivity contribution >= 4 is 30.5 Å². The van der Waals surface area contributed by atoms with Crippen LogP contribution in [0.2, 0.25) is 0 Å². The number of rotatable bonds is 4. The van der Waals surface area contributed by atoms with Crippen LogP contribution >= 0.6 is 24.8 Å². The molecular formula is C11H15Cl2N3O4. The van der Waals surface area contributed by atoms with E-state index in [0.717, 1.165) is 5.56 Å². The van der Waals surface area contributed by atoms with E-state index in [2.05, 4.69) is 0 Å². The smallest absolute Gasteiger partial charge is 0.269 e. The van der Waals surface area contributed by atoms with Crippen LogP contribution < -0.4 is 0 Å². The van der Waals surface area contributed by atoms with E-state index in [4.69, 9.17) is 0 Å². The van der Waals surface area contributed by atoms with Crippen LogP contribution in [-0.4, -0.2) is 33.9 Å². The molecule has 1 aliphatic rings. The molecule has 9 heteroatoms. The molecule has 20 heavy (non-hydrogen) atoms. The number of nitro groups is 2. The summed E-state index contributed by atoms with van der Waals surface area (Å²) >= 11 is 0. The highest BCUT2D eigenvalue weighted by molar-refractivity contribution is 5.85. The molecule has 1 heterocycles. The van der Waals surface area contributed by atoms with Crippen LogP contribution in [-0.2, 0) is 6.54 Å². The van der Waals surface area contributed by atoms with Gasteiger partial charge in [-0.25, -0.2) is 0 Å². The summed E-state index contributed by atoms with van der Waals surface area (Å²) in [4.78, 5) is 22.4. The Morgan fingerprint density at radius 2 is 1.75 bits per heavy atom. The molecule has 0 spiro atoms. The number of hydrogen-bond acceptors (Lipinski definition) is 5. The minimum absolute atomic E-state index is 0. The van der Waals surface area contributed by atoms with Crippen molar-refractivity contribution < 1.29 is 9.85 Å². The number of benzene rings is 1. The Bertz CT molecular complexity index is 469. The van der Waals surface area contributed by atoms with E-state index in [1.54, 1.807) is 12.1 Å². The van der Waals surface area contributed by atoms with Crippen molar-refractivity contribution in [3.63, 3.8) is 0 Å². The quantitative estimate of drug-likeness (QED) is 0.626. The lowest BCUT2D eigenvalue weighted by Gasteiger charge is -2.13. The fourth-order valence-electron chi connectivity index (χ4n) is 2.11. The third-order valence-corrected chi connectivity index (χ3v) is 3.10. The molecule has 0 bridgehead atoms. The van der Waals surface area contributed by atoms with Crippen LogP contribution in [0.15, 0.2) is 24.3 Å². The third kappa shape index (κ3) is 4.59. The van der Waals surface area contributed by atoms with Gasteiger partial charge in [0, 0.05) is 36.6 Å². The summed E-state index contributed by atoms with van der Waals surface area (Å²) in [7, 11) is 0. The van der Waals surface area contributed by atoms with Crippen LogP contribution in [0, 0.1) is 20.2 Å². The van der Waals surface area contributed by atoms with Gasteiger partial charge in [0.05, 0.1) is 11.5 Å². The van der Waals surface area contributed by atoms with Crippen molar-refractivity contribution in [1.82, 2.24) is 4.90 Å². The molecular weight excluding hydrogens is 309 g/mol. The first kappa shape index (κ1) is 18.6. The van der Waals surface area contributed by atoms with Gasteiger partial charge in [0.15, 0.2) is 0 Å². The van der Waals surface area contributed by atoms with E-state index in [1.807, 2.05) is 4.90 Å². The summed E-state index contributed by atoms with van der Waals surface area (Å²) in [5, 5.41) is 21.1. The van der Waals surface area contributed by atoms with Crippen LogP contribution in [0.1, 0.15) is 12.0 Å². The van der Waals surface area contributed by atoms with Crippen molar-refractivity contribution in [1.29, 1.82) is 0 Å². The summed E-state index contributed by atoms with van der Waals surface area (Å²) in [6, 6.07) is 5.81. The number of likely N-dealkylation sites (tertiary alicyclic amines) is 1. The van der Waals surface area contributed by atoms with Crippen LogP contribution in [0.5, 0.6) is 0 Å². The predicted octanol–water partition coefficient (Wildman–Crippen LogP) is 2.29. The minimum Gasteiger partial charge on any atom is -0.292 e. The number of nitrogens with zero attached hydrogens (tertiary/aromatic N) is 3. The van der Waals surface area contributed by atoms with E-state index >= 15 is 0 Å². The van der Waals surface area contributed by atoms with Gasteiger partial charge in [-0.3, -0.25) is 25.1 Å². The van der Waals surface area contributed by atoms with E-state index in [9.17, 15) is 20.2 Å². The molecule has 0 radical (unpaired) electrons. The zero-order valence-corrected chi connectivity index (χ0v) is 12.1. The maximum atomic E-state index is 10.6. The highest BCUT2D eigenvalue weighted by Crippen LogP contribution is 2.17. The Morgan fingerprint density at radius 1 is 1.15 bits per heavy atom. The van der Waals surface area contributed by atoms with Crippen molar-refractivity contribution in [2.45, 2.75) is 19.0 Å². The number of hydrogen-bond donors (Lipinski definition) is 0. The second-order valence-corrected chi connectivity index (χ2v) is 4.39. The molecule has 0 amide bonds. The van der Waals surface area contributed by atoms with E-state index < -0.39 is 11.0 Å². The molecule has 1 aliphatic heterocycles. The molecule has 0 aliphatic carbocycles. The predicted molar refractivity (Wildman–Crippen MR) is 78.3 cm³/mol. The SMILES string of the molecule is Cl.Cl.O=[N+]([O-])c1ccc(CN2CCC([N+](=O)[O-])C2)cc1. The lowest BCUT2D eigenvalue weighted by Crippen LogP contribution is -2.25. The molecule has 2 rings (SSSR count). The van der Waals surface area contributed by atoms with Crippen molar-refractivity contribution in [3.8, 4) is 0 Å². The van der Waals surface area contributed by atoms with E-state index in [1.165, 1.54) is 12.1 Å². The second kappa shape index (κ2) is 7.98. The molecule has 1 atom stereocenters. The Balaban J connectivity index is 0.00000180. The summed E-state index contributed by atoms with van der Waals surface area (Å²) in [6.45, 7) is 1.74. The Labute approximate surface area is 128 Å². The molecule has 1 aromatic carbocycles. The van der Waals surface area contributed by atoms with Crippen molar-refractivity contribution in [3.05, 3.63) is 50.1 Å². The van der Waals surface area contributed by atoms with Gasteiger partial charge in [-0.15, -0.1) is 24.8 Å². The molecule has 0 saturated carbocycles. The molecule has 1 aromatic rings. The number of nitro benzene ring substituents is 1. The summed E-state index contributed by atoms with van der Waals surface area (Å²) in [5.41, 5.74) is 0.993. The first-order valence-corrected chi connectivity index (χ1v) is 5.65. The summed E-state index contributed by atoms with van der Waals surface area (Å²) in [6.07, 6.45) is 0.569. The van der Waals surface area contributed by atoms with Gasteiger partial charge in [0.2, 0.25) is 6.04 Å². The minimum atomic E-state index is -0.483. The summed E-state index contributed by atoms with van der Waals surface area (Å²) in [5.74, 6) is 0. The molecule has 112 valence electrons. The van der Waals surface area contributed by atoms with Gasteiger partial charge in [-0.2, -0.15) is 0 Å². The topological polar surface area (TPSA) is 89.5 Å². The molecule has 1 fully saturated rings. The van der Waals surface area contributed by atoms with Gasteiger partial charge in [0.1, 0.15) is 0 Å². The standard InChI is InChI=1S/C11H13N3O4.2ClH/c15-13(16)10-3-1-9(2-4-10)7-12-6-5-11(8-12)14(17)18;;/h1-4,11H,5-8H2;2*1H. The van der Waals surface area contributed by atoms with E-state index in [0.29, 0.717) is 26.1 Å². The lowest BCUT2D eigenvalue weighted by molar-refractivity contribution is -0.518. The zero-order chi connectivity index (χ0) is 13.1. The fraction of sp³-hybridized carbons (Fsp3) is 0.455. The maximum Gasteiger partial charge on any atom is 0.269 e.